The van der Waals surface area contributed by atoms with Gasteiger partial charge in [0.15, 0.2) is 0 Å². The van der Waals surface area contributed by atoms with Crippen molar-refractivity contribution >= 4 is 45.9 Å². The number of aliphatic carboxylic acids is 1. The number of rotatable bonds is 3. The summed E-state index contributed by atoms with van der Waals surface area (Å²) in [5, 5.41) is 8.64. The number of carboxylic acids is 1. The first-order valence-electron chi connectivity index (χ1n) is 4.88. The fraction of sp³-hybridized carbons (Fsp3) is 0.182. The fourth-order valence-corrected chi connectivity index (χ4v) is 2.64. The second-order valence-corrected chi connectivity index (χ2v) is 5.13. The number of nitrogens with zero attached hydrogens (tertiary/aromatic N) is 1. The smallest absolute Gasteiger partial charge is 0.307 e. The maximum atomic E-state index is 11.6. The molecule has 4 nitrogen and oxygen atoms in total. The molecule has 88 valence electrons. The molecule has 1 aromatic rings. The van der Waals surface area contributed by atoms with Crippen LogP contribution < -0.4 is 4.90 Å². The topological polar surface area (TPSA) is 57.6 Å². The summed E-state index contributed by atoms with van der Waals surface area (Å²) in [4.78, 5) is 23.6. The number of carbonyl (C=O) groups is 2. The van der Waals surface area contributed by atoms with Gasteiger partial charge in [0.25, 0.3) is 0 Å². The molecule has 1 aliphatic heterocycles. The molecule has 1 N–H and O–H groups in total. The van der Waals surface area contributed by atoms with Crippen LogP contribution in [0, 0.1) is 0 Å². The Labute approximate surface area is 108 Å². The normalized spacial score (nSPS) is 15.4. The van der Waals surface area contributed by atoms with E-state index in [0.717, 1.165) is 0 Å². The molecule has 1 saturated heterocycles. The summed E-state index contributed by atoms with van der Waals surface area (Å²) < 4.78 is 0.543. The molecule has 1 heterocycles. The molecular formula is C11H9NO3S2. The molecule has 0 bridgehead atoms. The molecule has 6 heteroatoms. The molecule has 1 aromatic carbocycles. The number of anilines is 1. The van der Waals surface area contributed by atoms with Crippen LogP contribution in [0.1, 0.15) is 5.56 Å². The van der Waals surface area contributed by atoms with Crippen LogP contribution in [0.4, 0.5) is 5.69 Å². The van der Waals surface area contributed by atoms with Crippen molar-refractivity contribution in [2.45, 2.75) is 6.42 Å². The standard InChI is InChI=1S/C11H9NO3S2/c13-9-6-17-11(16)12(9)8-3-1-7(2-4-8)5-10(14)15/h1-4H,5-6H2,(H,14,15). The molecule has 1 amide bonds. The van der Waals surface area contributed by atoms with Gasteiger partial charge in [0, 0.05) is 0 Å². The van der Waals surface area contributed by atoms with Gasteiger partial charge in [0.2, 0.25) is 5.91 Å². The van der Waals surface area contributed by atoms with Crippen molar-refractivity contribution in [3.05, 3.63) is 29.8 Å². The summed E-state index contributed by atoms with van der Waals surface area (Å²) in [6.45, 7) is 0. The highest BCUT2D eigenvalue weighted by atomic mass is 32.2. The molecular weight excluding hydrogens is 258 g/mol. The minimum absolute atomic E-state index is 0.0204. The molecule has 0 aromatic heterocycles. The Morgan fingerprint density at radius 3 is 2.53 bits per heavy atom. The van der Waals surface area contributed by atoms with Crippen LogP contribution >= 0.6 is 24.0 Å². The summed E-state index contributed by atoms with van der Waals surface area (Å²) in [7, 11) is 0. The van der Waals surface area contributed by atoms with Crippen LogP contribution in [0.25, 0.3) is 0 Å². The molecule has 1 fully saturated rings. The van der Waals surface area contributed by atoms with Crippen LogP contribution in [0.2, 0.25) is 0 Å². The van der Waals surface area contributed by atoms with Crippen LogP contribution in [-0.2, 0) is 16.0 Å². The van der Waals surface area contributed by atoms with Gasteiger partial charge in [0.05, 0.1) is 17.9 Å². The average molecular weight is 267 g/mol. The third-order valence-corrected chi connectivity index (χ3v) is 3.66. The van der Waals surface area contributed by atoms with Gasteiger partial charge in [0.1, 0.15) is 4.32 Å². The Hall–Kier alpha value is -1.40. The lowest BCUT2D eigenvalue weighted by Crippen LogP contribution is -2.27. The minimum atomic E-state index is -0.874. The second-order valence-electron chi connectivity index (χ2n) is 3.52. The maximum absolute atomic E-state index is 11.6. The van der Waals surface area contributed by atoms with E-state index >= 15 is 0 Å². The highest BCUT2D eigenvalue weighted by molar-refractivity contribution is 8.24. The van der Waals surface area contributed by atoms with Crippen molar-refractivity contribution < 1.29 is 14.7 Å². The molecule has 0 atom stereocenters. The van der Waals surface area contributed by atoms with Crippen molar-refractivity contribution in [3.63, 3.8) is 0 Å². The number of hydrogen-bond donors (Lipinski definition) is 1. The Morgan fingerprint density at radius 2 is 2.06 bits per heavy atom. The van der Waals surface area contributed by atoms with Gasteiger partial charge in [-0.3, -0.25) is 14.5 Å². The predicted octanol–water partition coefficient (Wildman–Crippen LogP) is 1.68. The molecule has 0 saturated carbocycles. The maximum Gasteiger partial charge on any atom is 0.307 e. The number of carboxylic acid groups (broad SMARTS) is 1. The highest BCUT2D eigenvalue weighted by Crippen LogP contribution is 2.26. The monoisotopic (exact) mass is 267 g/mol. The quantitative estimate of drug-likeness (QED) is 0.844. The summed E-state index contributed by atoms with van der Waals surface area (Å²) in [6.07, 6.45) is -0.0204. The zero-order valence-corrected chi connectivity index (χ0v) is 10.4. The Kier molecular flexibility index (Phi) is 3.44. The van der Waals surface area contributed by atoms with E-state index in [1.807, 2.05) is 0 Å². The van der Waals surface area contributed by atoms with E-state index < -0.39 is 5.97 Å². The number of thioether (sulfide) groups is 1. The van der Waals surface area contributed by atoms with Gasteiger partial charge >= 0.3 is 5.97 Å². The van der Waals surface area contributed by atoms with E-state index in [1.165, 1.54) is 16.7 Å². The van der Waals surface area contributed by atoms with Crippen LogP contribution in [-0.4, -0.2) is 27.1 Å². The van der Waals surface area contributed by atoms with Crippen LogP contribution in [0.3, 0.4) is 0 Å². The number of carbonyl (C=O) groups excluding carboxylic acids is 1. The van der Waals surface area contributed by atoms with E-state index in [1.54, 1.807) is 24.3 Å². The van der Waals surface area contributed by atoms with E-state index in [4.69, 9.17) is 17.3 Å². The lowest BCUT2D eigenvalue weighted by molar-refractivity contribution is -0.136. The Morgan fingerprint density at radius 1 is 1.41 bits per heavy atom. The van der Waals surface area contributed by atoms with E-state index in [-0.39, 0.29) is 12.3 Å². The van der Waals surface area contributed by atoms with E-state index in [9.17, 15) is 9.59 Å². The largest absolute Gasteiger partial charge is 0.481 e. The molecule has 2 rings (SSSR count). The van der Waals surface area contributed by atoms with Gasteiger partial charge in [-0.15, -0.1) is 0 Å². The Bertz CT molecular complexity index is 468. The van der Waals surface area contributed by atoms with Gasteiger partial charge < -0.3 is 5.11 Å². The summed E-state index contributed by atoms with van der Waals surface area (Å²) in [5.41, 5.74) is 1.39. The van der Waals surface area contributed by atoms with E-state index in [0.29, 0.717) is 21.3 Å². The predicted molar refractivity (Wildman–Crippen MR) is 70.3 cm³/mol. The first-order chi connectivity index (χ1) is 8.08. The van der Waals surface area contributed by atoms with E-state index in [2.05, 4.69) is 0 Å². The molecule has 0 radical (unpaired) electrons. The Balaban J connectivity index is 2.20. The number of thiocarbonyl (C=S) groups is 1. The summed E-state index contributed by atoms with van der Waals surface area (Å²) >= 11 is 6.41. The first kappa shape index (κ1) is 12.1. The van der Waals surface area contributed by atoms with Crippen molar-refractivity contribution in [1.82, 2.24) is 0 Å². The van der Waals surface area contributed by atoms with Crippen molar-refractivity contribution in [2.75, 3.05) is 10.7 Å². The third kappa shape index (κ3) is 2.65. The lowest BCUT2D eigenvalue weighted by atomic mass is 10.1. The average Bonchev–Trinajstić information content (AvgIpc) is 2.59. The van der Waals surface area contributed by atoms with Crippen molar-refractivity contribution in [2.24, 2.45) is 0 Å². The highest BCUT2D eigenvalue weighted by Gasteiger charge is 2.27. The molecule has 17 heavy (non-hydrogen) atoms. The zero-order chi connectivity index (χ0) is 12.4. The minimum Gasteiger partial charge on any atom is -0.481 e. The SMILES string of the molecule is O=C(O)Cc1ccc(N2C(=O)CSC2=S)cc1. The summed E-state index contributed by atoms with van der Waals surface area (Å²) in [6, 6.07) is 6.83. The first-order valence-corrected chi connectivity index (χ1v) is 6.28. The van der Waals surface area contributed by atoms with Gasteiger partial charge in [-0.1, -0.05) is 36.1 Å². The second kappa shape index (κ2) is 4.85. The van der Waals surface area contributed by atoms with Crippen molar-refractivity contribution in [1.29, 1.82) is 0 Å². The van der Waals surface area contributed by atoms with Crippen LogP contribution in [0.5, 0.6) is 0 Å². The number of amides is 1. The fourth-order valence-electron chi connectivity index (χ4n) is 1.54. The molecule has 0 spiro atoms. The van der Waals surface area contributed by atoms with Gasteiger partial charge in [-0.25, -0.2) is 0 Å². The molecule has 0 unspecified atom stereocenters. The van der Waals surface area contributed by atoms with Crippen molar-refractivity contribution in [3.8, 4) is 0 Å². The van der Waals surface area contributed by atoms with Crippen LogP contribution in [0.15, 0.2) is 24.3 Å². The summed E-state index contributed by atoms with van der Waals surface area (Å²) in [5.74, 6) is -0.539. The van der Waals surface area contributed by atoms with Gasteiger partial charge in [-0.2, -0.15) is 0 Å². The zero-order valence-electron chi connectivity index (χ0n) is 8.75. The number of benzene rings is 1. The number of hydrogen-bond acceptors (Lipinski definition) is 4. The van der Waals surface area contributed by atoms with Gasteiger partial charge in [-0.05, 0) is 17.7 Å². The molecule has 0 aliphatic carbocycles. The lowest BCUT2D eigenvalue weighted by Gasteiger charge is -2.14. The third-order valence-electron chi connectivity index (χ3n) is 2.30. The molecule has 1 aliphatic rings.